The van der Waals surface area contributed by atoms with Crippen LogP contribution in [0.2, 0.25) is 0 Å². The Balaban J connectivity index is 0.000000129. The number of aromatic nitrogens is 22. The molecule has 2 N–H and O–H groups in total. The third-order valence-corrected chi connectivity index (χ3v) is 21.6. The van der Waals surface area contributed by atoms with E-state index < -0.39 is 0 Å². The molecule has 0 unspecified atom stereocenters. The molecule has 0 bridgehead atoms. The summed E-state index contributed by atoms with van der Waals surface area (Å²) in [6.07, 6.45) is 20.7. The highest BCUT2D eigenvalue weighted by Crippen LogP contribution is 2.38. The molecule has 0 aliphatic carbocycles. The molecule has 7 aromatic carbocycles. The number of methoxy groups -OCH3 is 5. The lowest BCUT2D eigenvalue weighted by Gasteiger charge is -2.11. The first-order valence-electron chi connectivity index (χ1n) is 46.3. The van der Waals surface area contributed by atoms with Crippen LogP contribution in [0.4, 0.5) is 5.82 Å². The van der Waals surface area contributed by atoms with Crippen molar-refractivity contribution in [3.63, 3.8) is 0 Å². The van der Waals surface area contributed by atoms with Gasteiger partial charge in [-0.1, -0.05) is 84.6 Å². The largest absolute Gasteiger partial charge is 0.496 e. The summed E-state index contributed by atoms with van der Waals surface area (Å²) in [6.45, 7) is 20.0. The molecule has 148 heavy (non-hydrogen) atoms. The highest BCUT2D eigenvalue weighted by molar-refractivity contribution is 5.70. The highest BCUT2D eigenvalue weighted by atomic mass is 16.5. The SMILES string of the molecule is CCOc1ccc(-c2nc(-c3ccnc(N)c3)no2)cc1OCC.CCOc1ccc(-c2nc(-c3ccncc3)no2)c(C)c1.CCOc1cccc(-c2nc(-c3ccncc3)no2)c1.COc1cc(-c2nc(-c3ccc(C)c(OC)c3)no2)ccn1.COc1cc(-c2nc(-c3ccncc3)no2)ccc1C.COc1cc(-c2noc(-c3ccnnc3)n2)ccc1C.COc1cc(-c2noc(Cc3ccncc3)n2)ccc1C. The van der Waals surface area contributed by atoms with Gasteiger partial charge in [0.05, 0.1) is 86.4 Å². The second kappa shape index (κ2) is 51.3. The van der Waals surface area contributed by atoms with Gasteiger partial charge in [0.2, 0.25) is 52.5 Å². The molecule has 748 valence electrons. The van der Waals surface area contributed by atoms with Crippen LogP contribution in [-0.4, -0.2) is 173 Å². The van der Waals surface area contributed by atoms with Crippen molar-refractivity contribution >= 4 is 5.82 Å². The molecule has 0 aliphatic heterocycles. The second-order valence-electron chi connectivity index (χ2n) is 31.6. The molecule has 21 rings (SSSR count). The van der Waals surface area contributed by atoms with Crippen LogP contribution in [-0.2, 0) is 6.42 Å². The van der Waals surface area contributed by atoms with Gasteiger partial charge in [0.1, 0.15) is 40.3 Å². The first-order chi connectivity index (χ1) is 72.4. The van der Waals surface area contributed by atoms with Crippen LogP contribution in [0.5, 0.6) is 51.9 Å². The van der Waals surface area contributed by atoms with Crippen molar-refractivity contribution < 1.29 is 74.3 Å². The Kier molecular flexibility index (Phi) is 35.6. The van der Waals surface area contributed by atoms with Crippen molar-refractivity contribution in [3.8, 4) is 200 Å². The lowest BCUT2D eigenvalue weighted by molar-refractivity contribution is 0.288. The number of hydrogen-bond donors (Lipinski definition) is 1. The van der Waals surface area contributed by atoms with Crippen molar-refractivity contribution in [3.05, 3.63) is 326 Å². The summed E-state index contributed by atoms with van der Waals surface area (Å²) in [6, 6.07) is 65.7. The molecule has 14 heterocycles. The maximum absolute atomic E-state index is 5.68. The smallest absolute Gasteiger partial charge is 0.259 e. The van der Waals surface area contributed by atoms with E-state index in [1.807, 2.05) is 244 Å². The van der Waals surface area contributed by atoms with Crippen molar-refractivity contribution in [1.29, 1.82) is 0 Å². The topological polar surface area (TPSA) is 485 Å². The lowest BCUT2D eigenvalue weighted by atomic mass is 10.1. The summed E-state index contributed by atoms with van der Waals surface area (Å²) < 4.78 is 85.6. The van der Waals surface area contributed by atoms with E-state index in [0.29, 0.717) is 138 Å². The van der Waals surface area contributed by atoms with Crippen molar-refractivity contribution in [2.75, 3.05) is 67.7 Å². The molecule has 0 atom stereocenters. The number of nitrogens with two attached hydrogens (primary N) is 1. The van der Waals surface area contributed by atoms with E-state index in [4.69, 9.17) is 80.0 Å². The normalized spacial score (nSPS) is 10.5. The molecular formula is C109H101N23O16. The number of nitrogen functional groups attached to an aromatic ring is 1. The number of rotatable bonds is 28. The highest BCUT2D eigenvalue weighted by Gasteiger charge is 2.22. The van der Waals surface area contributed by atoms with Crippen LogP contribution >= 0.6 is 0 Å². The zero-order valence-electron chi connectivity index (χ0n) is 83.1. The number of anilines is 1. The molecule has 0 fully saturated rings. The molecule has 39 nitrogen and oxygen atoms in total. The van der Waals surface area contributed by atoms with Gasteiger partial charge < -0.3 is 80.0 Å². The summed E-state index contributed by atoms with van der Waals surface area (Å²) in [4.78, 5) is 54.7. The third kappa shape index (κ3) is 27.4. The van der Waals surface area contributed by atoms with E-state index >= 15 is 0 Å². The van der Waals surface area contributed by atoms with Crippen LogP contribution in [0.1, 0.15) is 67.0 Å². The molecule has 21 aromatic rings. The van der Waals surface area contributed by atoms with Gasteiger partial charge in [-0.3, -0.25) is 19.9 Å². The number of pyridine rings is 6. The first kappa shape index (κ1) is 103. The molecule has 39 heteroatoms. The Labute approximate surface area is 849 Å². The van der Waals surface area contributed by atoms with Gasteiger partial charge in [0, 0.05) is 135 Å². The van der Waals surface area contributed by atoms with Crippen LogP contribution in [0.25, 0.3) is 148 Å². The number of ether oxygens (including phenoxy) is 9. The summed E-state index contributed by atoms with van der Waals surface area (Å²) in [5, 5.41) is 35.5. The van der Waals surface area contributed by atoms with E-state index in [9.17, 15) is 0 Å². The minimum atomic E-state index is 0.393. The average Bonchev–Trinajstić information content (AvgIpc) is 1.71. The van der Waals surface area contributed by atoms with Gasteiger partial charge in [0.25, 0.3) is 35.3 Å². The first-order valence-corrected chi connectivity index (χ1v) is 46.3. The number of aryl methyl sites for hydroxylation is 5. The fourth-order valence-corrected chi connectivity index (χ4v) is 14.1. The van der Waals surface area contributed by atoms with Crippen molar-refractivity contribution in [2.24, 2.45) is 0 Å². The maximum Gasteiger partial charge on any atom is 0.259 e. The summed E-state index contributed by atoms with van der Waals surface area (Å²) >= 11 is 0. The number of nitrogens with zero attached hydrogens (tertiary/aromatic N) is 22. The summed E-state index contributed by atoms with van der Waals surface area (Å²) in [7, 11) is 8.12. The van der Waals surface area contributed by atoms with Gasteiger partial charge in [-0.05, 0) is 253 Å². The van der Waals surface area contributed by atoms with E-state index in [1.165, 1.54) is 0 Å². The Hall–Kier alpha value is -19.5. The number of hydrogen-bond acceptors (Lipinski definition) is 39. The molecule has 0 saturated heterocycles. The molecule has 14 aromatic heterocycles. The summed E-state index contributed by atoms with van der Waals surface area (Å²) in [5.41, 5.74) is 22.8. The molecule has 0 radical (unpaired) electrons. The predicted octanol–water partition coefficient (Wildman–Crippen LogP) is 21.7. The van der Waals surface area contributed by atoms with E-state index in [2.05, 4.69) is 111 Å². The van der Waals surface area contributed by atoms with Crippen molar-refractivity contribution in [2.45, 2.75) is 68.7 Å². The quantitative estimate of drug-likeness (QED) is 0.0476. The average molecular weight is 1990 g/mol. The van der Waals surface area contributed by atoms with Gasteiger partial charge in [-0.25, -0.2) is 9.97 Å². The van der Waals surface area contributed by atoms with E-state index in [1.54, 1.807) is 140 Å². The standard InChI is InChI=1S/C17H18N4O3.C16H15N3O3.2C16H15N3O2.2C15H13N3O2.C14H12N4O2/c1-3-22-13-6-5-12(9-14(13)23-4-2)17-20-16(21-24-17)11-7-8-19-15(18)10-11;1-10-4-5-11(8-13(10)20-2)15-18-16(22-19-15)12-6-7-17-14(9-12)21-3;1-11-3-4-13(10-14(11)20-2)16-18-15(21-19-16)9-12-5-7-17-8-6-12;1-3-20-13-4-5-14(11(2)10-13)16-18-15(19-21-16)12-6-8-17-9-7-12;1-10-3-4-12(9-13(10)19-2)15-17-14(18-20-15)11-5-7-16-8-6-11;1-2-19-13-5-3-4-12(10-13)15-17-14(18-20-15)11-6-8-16-9-7-11;1-9-3-4-10(7-12(9)19-2)13-17-14(20-18-13)11-5-6-15-16-8-11/h5-10H,3-4H2,1-2H3,(H2,18,19);4-9H,1-3H3;3-8,10H,9H2,1-2H3;4-10H,3H2,1-2H3;3-9H,1-2H3;3-10H,2H2,1H3;3-8H,1-2H3. The van der Waals surface area contributed by atoms with Gasteiger partial charge >= 0.3 is 0 Å². The van der Waals surface area contributed by atoms with E-state index in [0.717, 1.165) is 140 Å². The molecule has 0 amide bonds. The molecule has 0 spiro atoms. The minimum absolute atomic E-state index is 0.393. The van der Waals surface area contributed by atoms with E-state index in [-0.39, 0.29) is 0 Å². The monoisotopic (exact) mass is 1990 g/mol. The second-order valence-corrected chi connectivity index (χ2v) is 31.6. The number of benzene rings is 7. The van der Waals surface area contributed by atoms with Crippen LogP contribution in [0.3, 0.4) is 0 Å². The minimum Gasteiger partial charge on any atom is -0.496 e. The van der Waals surface area contributed by atoms with Crippen LogP contribution < -0.4 is 48.4 Å². The third-order valence-electron chi connectivity index (χ3n) is 21.6. The Morgan fingerprint density at radius 3 is 1.06 bits per heavy atom. The zero-order valence-corrected chi connectivity index (χ0v) is 83.1. The van der Waals surface area contributed by atoms with Gasteiger partial charge in [-0.15, -0.1) is 0 Å². The fourth-order valence-electron chi connectivity index (χ4n) is 14.1. The molecule has 0 saturated carbocycles. The van der Waals surface area contributed by atoms with Crippen LogP contribution in [0, 0.1) is 34.6 Å². The van der Waals surface area contributed by atoms with Crippen LogP contribution in [0.15, 0.2) is 318 Å². The molecule has 0 aliphatic rings. The predicted molar refractivity (Wildman–Crippen MR) is 548 cm³/mol. The Bertz CT molecular complexity index is 7680. The Morgan fingerprint density at radius 2 is 0.615 bits per heavy atom. The maximum atomic E-state index is 5.68. The lowest BCUT2D eigenvalue weighted by Crippen LogP contribution is -1.98. The fraction of sp³-hybridized carbons (Fsp3) is 0.174. The molecular weight excluding hydrogens is 1890 g/mol. The van der Waals surface area contributed by atoms with Crippen molar-refractivity contribution in [1.82, 2.24) is 111 Å². The zero-order chi connectivity index (χ0) is 103. The van der Waals surface area contributed by atoms with Gasteiger partial charge in [-0.2, -0.15) is 45.1 Å². The summed E-state index contributed by atoms with van der Waals surface area (Å²) in [5.74, 6) is 14.0. The van der Waals surface area contributed by atoms with Gasteiger partial charge in [0.15, 0.2) is 11.5 Å². The Morgan fingerprint density at radius 1 is 0.257 bits per heavy atom.